The molecule has 3 nitrogen and oxygen atoms in total. The first kappa shape index (κ1) is 17.0. The van der Waals surface area contributed by atoms with Gasteiger partial charge in [-0.25, -0.2) is 4.39 Å². The lowest BCUT2D eigenvalue weighted by atomic mass is 10.3. The van der Waals surface area contributed by atoms with Crippen LogP contribution in [-0.2, 0) is 4.79 Å². The zero-order chi connectivity index (χ0) is 17.5. The summed E-state index contributed by atoms with van der Waals surface area (Å²) >= 11 is 1.62. The van der Waals surface area contributed by atoms with Crippen molar-refractivity contribution in [2.24, 2.45) is 0 Å². The fourth-order valence-corrected chi connectivity index (χ4v) is 3.19. The molecule has 126 valence electrons. The summed E-state index contributed by atoms with van der Waals surface area (Å²) in [6.07, 6.45) is 0. The third-order valence-electron chi connectivity index (χ3n) is 3.45. The Labute approximate surface area is 150 Å². The quantitative estimate of drug-likeness (QED) is 0.654. The van der Waals surface area contributed by atoms with E-state index in [0.717, 1.165) is 15.5 Å². The van der Waals surface area contributed by atoms with E-state index in [0.29, 0.717) is 0 Å². The first-order valence-corrected chi connectivity index (χ1v) is 8.64. The molecule has 2 N–H and O–H groups in total. The molecule has 0 heterocycles. The number of amides is 1. The molecule has 0 bridgehead atoms. The van der Waals surface area contributed by atoms with Crippen molar-refractivity contribution in [1.82, 2.24) is 0 Å². The van der Waals surface area contributed by atoms with Gasteiger partial charge in [-0.2, -0.15) is 0 Å². The van der Waals surface area contributed by atoms with Crippen LogP contribution in [0.5, 0.6) is 0 Å². The molecule has 0 fully saturated rings. The average Bonchev–Trinajstić information content (AvgIpc) is 2.64. The van der Waals surface area contributed by atoms with E-state index < -0.39 is 5.82 Å². The number of hydrogen-bond acceptors (Lipinski definition) is 3. The highest BCUT2D eigenvalue weighted by Gasteiger charge is 2.08. The number of benzene rings is 3. The zero-order valence-corrected chi connectivity index (χ0v) is 14.2. The molecule has 0 radical (unpaired) electrons. The molecule has 0 aromatic heterocycles. The highest BCUT2D eigenvalue weighted by Crippen LogP contribution is 2.33. The lowest BCUT2D eigenvalue weighted by molar-refractivity contribution is -0.114. The summed E-state index contributed by atoms with van der Waals surface area (Å²) < 4.78 is 13.6. The molecule has 0 unspecified atom stereocenters. The molecule has 3 rings (SSSR count). The molecule has 0 aliphatic heterocycles. The Morgan fingerprint density at radius 3 is 2.24 bits per heavy atom. The van der Waals surface area contributed by atoms with E-state index in [9.17, 15) is 9.18 Å². The van der Waals surface area contributed by atoms with Crippen molar-refractivity contribution in [2.45, 2.75) is 9.79 Å². The van der Waals surface area contributed by atoms with Gasteiger partial charge in [0.1, 0.15) is 5.82 Å². The van der Waals surface area contributed by atoms with Gasteiger partial charge in [0.2, 0.25) is 5.91 Å². The van der Waals surface area contributed by atoms with Gasteiger partial charge < -0.3 is 10.6 Å². The second kappa shape index (κ2) is 8.35. The molecule has 3 aromatic rings. The molecule has 1 amide bonds. The summed E-state index contributed by atoms with van der Waals surface area (Å²) in [4.78, 5) is 14.2. The second-order valence-electron chi connectivity index (χ2n) is 5.29. The van der Waals surface area contributed by atoms with Crippen LogP contribution in [0.2, 0.25) is 0 Å². The highest BCUT2D eigenvalue weighted by atomic mass is 32.2. The second-order valence-corrected chi connectivity index (χ2v) is 6.41. The number of nitrogens with one attached hydrogen (secondary N) is 2. The first-order chi connectivity index (χ1) is 12.2. The molecule has 0 saturated carbocycles. The van der Waals surface area contributed by atoms with Gasteiger partial charge in [-0.3, -0.25) is 4.79 Å². The van der Waals surface area contributed by atoms with Crippen molar-refractivity contribution >= 4 is 29.0 Å². The summed E-state index contributed by atoms with van der Waals surface area (Å²) in [5.41, 5.74) is 1.04. The van der Waals surface area contributed by atoms with Crippen LogP contribution in [0.15, 0.2) is 88.7 Å². The number of carbonyl (C=O) groups excluding carboxylic acids is 1. The Morgan fingerprint density at radius 2 is 1.48 bits per heavy atom. The summed E-state index contributed by atoms with van der Waals surface area (Å²) in [6, 6.07) is 23.9. The summed E-state index contributed by atoms with van der Waals surface area (Å²) in [5.74, 6) is -0.750. The monoisotopic (exact) mass is 352 g/mol. The van der Waals surface area contributed by atoms with Gasteiger partial charge in [-0.05, 0) is 36.4 Å². The molecule has 3 aromatic carbocycles. The largest absolute Gasteiger partial charge is 0.375 e. The minimum atomic E-state index is -0.448. The number of carbonyl (C=O) groups is 1. The Balaban J connectivity index is 1.63. The number of hydrogen-bond donors (Lipinski definition) is 2. The Bertz CT molecular complexity index is 855. The topological polar surface area (TPSA) is 41.1 Å². The van der Waals surface area contributed by atoms with Crippen LogP contribution in [0.1, 0.15) is 0 Å². The van der Waals surface area contributed by atoms with Gasteiger partial charge in [0.25, 0.3) is 0 Å². The van der Waals surface area contributed by atoms with Crippen LogP contribution >= 0.6 is 11.8 Å². The fourth-order valence-electron chi connectivity index (χ4n) is 2.25. The normalized spacial score (nSPS) is 10.3. The Hall–Kier alpha value is -2.79. The van der Waals surface area contributed by atoms with Gasteiger partial charge in [0.05, 0.1) is 12.2 Å². The van der Waals surface area contributed by atoms with E-state index >= 15 is 0 Å². The van der Waals surface area contributed by atoms with Gasteiger partial charge in [-0.15, -0.1) is 0 Å². The molecule has 25 heavy (non-hydrogen) atoms. The van der Waals surface area contributed by atoms with Crippen molar-refractivity contribution in [3.05, 3.63) is 84.7 Å². The first-order valence-electron chi connectivity index (χ1n) is 7.82. The third-order valence-corrected chi connectivity index (χ3v) is 4.53. The molecule has 0 saturated heterocycles. The van der Waals surface area contributed by atoms with Gasteiger partial charge in [-0.1, -0.05) is 54.2 Å². The molecule has 0 aliphatic rings. The maximum atomic E-state index is 13.6. The van der Waals surface area contributed by atoms with Crippen LogP contribution in [0.4, 0.5) is 15.8 Å². The molecule has 0 aliphatic carbocycles. The highest BCUT2D eigenvalue weighted by molar-refractivity contribution is 7.99. The van der Waals surface area contributed by atoms with Gasteiger partial charge in [0.15, 0.2) is 0 Å². The molecular weight excluding hydrogens is 335 g/mol. The van der Waals surface area contributed by atoms with Crippen molar-refractivity contribution in [2.75, 3.05) is 17.2 Å². The van der Waals surface area contributed by atoms with Crippen LogP contribution < -0.4 is 10.6 Å². The average molecular weight is 352 g/mol. The third kappa shape index (κ3) is 4.84. The summed E-state index contributed by atoms with van der Waals surface area (Å²) in [6.45, 7) is 0.0562. The van der Waals surface area contributed by atoms with Crippen LogP contribution in [0.25, 0.3) is 0 Å². The molecular formula is C20H17FN2OS. The van der Waals surface area contributed by atoms with E-state index in [4.69, 9.17) is 0 Å². The van der Waals surface area contributed by atoms with Crippen molar-refractivity contribution in [3.8, 4) is 0 Å². The Morgan fingerprint density at radius 1 is 0.840 bits per heavy atom. The summed E-state index contributed by atoms with van der Waals surface area (Å²) in [7, 11) is 0. The van der Waals surface area contributed by atoms with Crippen molar-refractivity contribution in [1.29, 1.82) is 0 Å². The number of rotatable bonds is 6. The zero-order valence-electron chi connectivity index (χ0n) is 13.4. The van der Waals surface area contributed by atoms with Crippen LogP contribution in [-0.4, -0.2) is 12.5 Å². The standard InChI is InChI=1S/C20H17FN2OS/c21-16-10-4-5-11-17(16)23-20(24)14-22-18-12-6-7-13-19(18)25-15-8-2-1-3-9-15/h1-13,22H,14H2,(H,23,24). The predicted octanol–water partition coefficient (Wildman–Crippen LogP) is 5.03. The minimum Gasteiger partial charge on any atom is -0.375 e. The van der Waals surface area contributed by atoms with Crippen LogP contribution in [0, 0.1) is 5.82 Å². The van der Waals surface area contributed by atoms with E-state index in [1.54, 1.807) is 23.9 Å². The lowest BCUT2D eigenvalue weighted by Crippen LogP contribution is -2.22. The van der Waals surface area contributed by atoms with Gasteiger partial charge >= 0.3 is 0 Å². The maximum absolute atomic E-state index is 13.6. The maximum Gasteiger partial charge on any atom is 0.243 e. The smallest absolute Gasteiger partial charge is 0.243 e. The number of anilines is 2. The van der Waals surface area contributed by atoms with E-state index in [2.05, 4.69) is 10.6 Å². The molecule has 5 heteroatoms. The minimum absolute atomic E-state index is 0.0562. The lowest BCUT2D eigenvalue weighted by Gasteiger charge is -2.12. The van der Waals surface area contributed by atoms with E-state index in [1.807, 2.05) is 54.6 Å². The van der Waals surface area contributed by atoms with E-state index in [-0.39, 0.29) is 18.1 Å². The van der Waals surface area contributed by atoms with Crippen LogP contribution in [0.3, 0.4) is 0 Å². The fraction of sp³-hybridized carbons (Fsp3) is 0.0500. The summed E-state index contributed by atoms with van der Waals surface area (Å²) in [5, 5.41) is 5.68. The number of para-hydroxylation sites is 2. The Kier molecular flexibility index (Phi) is 5.69. The molecule has 0 atom stereocenters. The van der Waals surface area contributed by atoms with E-state index in [1.165, 1.54) is 12.1 Å². The molecule has 0 spiro atoms. The van der Waals surface area contributed by atoms with Crippen molar-refractivity contribution < 1.29 is 9.18 Å². The van der Waals surface area contributed by atoms with Crippen molar-refractivity contribution in [3.63, 3.8) is 0 Å². The predicted molar refractivity (Wildman–Crippen MR) is 101 cm³/mol. The SMILES string of the molecule is O=C(CNc1ccccc1Sc1ccccc1)Nc1ccccc1F. The van der Waals surface area contributed by atoms with Gasteiger partial charge in [0, 0.05) is 15.5 Å². The number of halogens is 1.